The minimum atomic E-state index is 0.439. The number of para-hydroxylation sites is 1. The summed E-state index contributed by atoms with van der Waals surface area (Å²) in [4.78, 5) is 0. The predicted octanol–water partition coefficient (Wildman–Crippen LogP) is 4.75. The van der Waals surface area contributed by atoms with Crippen molar-refractivity contribution in [1.29, 1.82) is 0 Å². The van der Waals surface area contributed by atoms with Crippen LogP contribution in [0.1, 0.15) is 36.7 Å². The first-order valence-corrected chi connectivity index (χ1v) is 9.68. The highest BCUT2D eigenvalue weighted by atomic mass is 32.1. The van der Waals surface area contributed by atoms with Gasteiger partial charge in [-0.2, -0.15) is 14.9 Å². The molecule has 1 N–H and O–H groups in total. The van der Waals surface area contributed by atoms with Gasteiger partial charge in [0.05, 0.1) is 13.3 Å². The molecule has 0 spiro atoms. The Morgan fingerprint density at radius 1 is 1.18 bits per heavy atom. The smallest absolute Gasteiger partial charge is 0.216 e. The standard InChI is InChI=1S/C21H24N4O2S/c1-3-4-13-19-23-24-21(28)25(19)22-14-17-11-8-12-18(26-2)20(17)27-15-16-9-6-5-7-10-16/h5-12,14H,3-4,13,15H2,1-2H3,(H,24,28)/b22-14-. The number of unbranched alkanes of at least 4 members (excludes halogenated alkanes) is 1. The number of aryl methyl sites for hydroxylation is 1. The summed E-state index contributed by atoms with van der Waals surface area (Å²) in [6, 6.07) is 15.7. The average molecular weight is 397 g/mol. The number of hydrogen-bond acceptors (Lipinski definition) is 5. The molecule has 0 bridgehead atoms. The Morgan fingerprint density at radius 2 is 2.00 bits per heavy atom. The van der Waals surface area contributed by atoms with Gasteiger partial charge in [0.25, 0.3) is 0 Å². The molecule has 1 heterocycles. The van der Waals surface area contributed by atoms with Gasteiger partial charge in [-0.3, -0.25) is 5.10 Å². The second-order valence-electron chi connectivity index (χ2n) is 6.26. The van der Waals surface area contributed by atoms with Crippen molar-refractivity contribution in [2.75, 3.05) is 7.11 Å². The summed E-state index contributed by atoms with van der Waals surface area (Å²) >= 11 is 5.31. The molecule has 0 saturated carbocycles. The first-order chi connectivity index (χ1) is 13.7. The molecular formula is C21H24N4O2S. The minimum absolute atomic E-state index is 0.439. The summed E-state index contributed by atoms with van der Waals surface area (Å²) in [5.74, 6) is 2.11. The van der Waals surface area contributed by atoms with Crippen LogP contribution in [-0.2, 0) is 13.0 Å². The summed E-state index contributed by atoms with van der Waals surface area (Å²) in [5, 5.41) is 11.6. The molecule has 0 fully saturated rings. The Morgan fingerprint density at radius 3 is 2.75 bits per heavy atom. The number of ether oxygens (including phenoxy) is 2. The van der Waals surface area contributed by atoms with Gasteiger partial charge in [-0.15, -0.1) is 0 Å². The molecule has 0 aliphatic carbocycles. The molecule has 28 heavy (non-hydrogen) atoms. The summed E-state index contributed by atoms with van der Waals surface area (Å²) in [5.41, 5.74) is 1.88. The van der Waals surface area contributed by atoms with Crippen molar-refractivity contribution < 1.29 is 9.47 Å². The molecule has 6 nitrogen and oxygen atoms in total. The second kappa shape index (κ2) is 9.85. The van der Waals surface area contributed by atoms with Crippen LogP contribution in [0.5, 0.6) is 11.5 Å². The van der Waals surface area contributed by atoms with Gasteiger partial charge in [-0.05, 0) is 36.3 Å². The van der Waals surface area contributed by atoms with Crippen LogP contribution in [0.2, 0.25) is 0 Å². The number of benzene rings is 2. The quantitative estimate of drug-likeness (QED) is 0.419. The van der Waals surface area contributed by atoms with E-state index >= 15 is 0 Å². The van der Waals surface area contributed by atoms with Crippen LogP contribution >= 0.6 is 12.2 Å². The highest BCUT2D eigenvalue weighted by molar-refractivity contribution is 7.71. The van der Waals surface area contributed by atoms with Crippen molar-refractivity contribution in [3.05, 3.63) is 70.3 Å². The zero-order valence-corrected chi connectivity index (χ0v) is 16.9. The van der Waals surface area contributed by atoms with Gasteiger partial charge >= 0.3 is 0 Å². The van der Waals surface area contributed by atoms with Crippen molar-refractivity contribution in [2.45, 2.75) is 32.8 Å². The van der Waals surface area contributed by atoms with Gasteiger partial charge < -0.3 is 9.47 Å². The lowest BCUT2D eigenvalue weighted by Gasteiger charge is -2.13. The number of methoxy groups -OCH3 is 1. The lowest BCUT2D eigenvalue weighted by molar-refractivity contribution is 0.284. The summed E-state index contributed by atoms with van der Waals surface area (Å²) in [6.45, 7) is 2.58. The largest absolute Gasteiger partial charge is 0.493 e. The van der Waals surface area contributed by atoms with E-state index in [1.54, 1.807) is 18.0 Å². The van der Waals surface area contributed by atoms with E-state index < -0.39 is 0 Å². The third-order valence-electron chi connectivity index (χ3n) is 4.24. The third-order valence-corrected chi connectivity index (χ3v) is 4.50. The highest BCUT2D eigenvalue weighted by Gasteiger charge is 2.11. The molecular weight excluding hydrogens is 372 g/mol. The summed E-state index contributed by atoms with van der Waals surface area (Å²) < 4.78 is 13.7. The van der Waals surface area contributed by atoms with Crippen molar-refractivity contribution >= 4 is 18.4 Å². The van der Waals surface area contributed by atoms with Crippen LogP contribution in [0.25, 0.3) is 0 Å². The number of rotatable bonds is 9. The molecule has 1 aromatic heterocycles. The number of nitrogens with zero attached hydrogens (tertiary/aromatic N) is 3. The van der Waals surface area contributed by atoms with Crippen LogP contribution in [0, 0.1) is 4.77 Å². The molecule has 2 aromatic carbocycles. The van der Waals surface area contributed by atoms with E-state index in [-0.39, 0.29) is 0 Å². The maximum absolute atomic E-state index is 6.07. The van der Waals surface area contributed by atoms with Crippen LogP contribution in [0.4, 0.5) is 0 Å². The second-order valence-corrected chi connectivity index (χ2v) is 6.64. The maximum atomic E-state index is 6.07. The molecule has 146 valence electrons. The normalized spacial score (nSPS) is 11.1. The monoisotopic (exact) mass is 396 g/mol. The molecule has 0 saturated heterocycles. The molecule has 3 rings (SSSR count). The Balaban J connectivity index is 1.87. The number of aromatic nitrogens is 3. The van der Waals surface area contributed by atoms with Gasteiger partial charge in [0.2, 0.25) is 4.77 Å². The fraction of sp³-hybridized carbons (Fsp3) is 0.286. The third kappa shape index (κ3) is 4.86. The fourth-order valence-electron chi connectivity index (χ4n) is 2.74. The molecule has 0 amide bonds. The van der Waals surface area contributed by atoms with Crippen LogP contribution < -0.4 is 9.47 Å². The highest BCUT2D eigenvalue weighted by Crippen LogP contribution is 2.31. The zero-order valence-electron chi connectivity index (χ0n) is 16.1. The van der Waals surface area contributed by atoms with E-state index in [9.17, 15) is 0 Å². The topological polar surface area (TPSA) is 64.4 Å². The molecule has 0 aliphatic rings. The predicted molar refractivity (Wildman–Crippen MR) is 113 cm³/mol. The van der Waals surface area contributed by atoms with Gasteiger partial charge in [-0.1, -0.05) is 49.7 Å². The van der Waals surface area contributed by atoms with Gasteiger partial charge in [-0.25, -0.2) is 0 Å². The minimum Gasteiger partial charge on any atom is -0.493 e. The van der Waals surface area contributed by atoms with E-state index in [0.717, 1.165) is 36.2 Å². The van der Waals surface area contributed by atoms with E-state index in [0.29, 0.717) is 22.9 Å². The molecule has 7 heteroatoms. The Hall–Kier alpha value is -2.93. The number of aromatic amines is 1. The Labute approximate surface area is 169 Å². The van der Waals surface area contributed by atoms with Gasteiger partial charge in [0, 0.05) is 12.0 Å². The first kappa shape index (κ1) is 19.8. The number of nitrogens with one attached hydrogen (secondary N) is 1. The number of H-pyrrole nitrogens is 1. The zero-order chi connectivity index (χ0) is 19.8. The lowest BCUT2D eigenvalue weighted by Crippen LogP contribution is -2.02. The Kier molecular flexibility index (Phi) is 6.97. The molecule has 0 aliphatic heterocycles. The van der Waals surface area contributed by atoms with Crippen LogP contribution in [0.3, 0.4) is 0 Å². The SMILES string of the molecule is CCCCc1n[nH]c(=S)n1/N=C\c1cccc(OC)c1OCc1ccccc1. The maximum Gasteiger partial charge on any atom is 0.216 e. The first-order valence-electron chi connectivity index (χ1n) is 9.27. The van der Waals surface area contributed by atoms with Crippen molar-refractivity contribution in [1.82, 2.24) is 14.9 Å². The molecule has 0 unspecified atom stereocenters. The summed E-state index contributed by atoms with van der Waals surface area (Å²) in [6.07, 6.45) is 4.65. The van der Waals surface area contributed by atoms with Crippen LogP contribution in [-0.4, -0.2) is 28.2 Å². The lowest BCUT2D eigenvalue weighted by atomic mass is 10.2. The van der Waals surface area contributed by atoms with E-state index in [1.807, 2.05) is 48.5 Å². The molecule has 0 radical (unpaired) electrons. The van der Waals surface area contributed by atoms with E-state index in [4.69, 9.17) is 21.7 Å². The van der Waals surface area contributed by atoms with Gasteiger partial charge in [0.1, 0.15) is 6.61 Å². The van der Waals surface area contributed by atoms with Crippen molar-refractivity contribution in [2.24, 2.45) is 5.10 Å². The number of hydrogen-bond donors (Lipinski definition) is 1. The van der Waals surface area contributed by atoms with E-state index in [2.05, 4.69) is 22.2 Å². The van der Waals surface area contributed by atoms with Crippen molar-refractivity contribution in [3.8, 4) is 11.5 Å². The Bertz CT molecular complexity index is 980. The molecule has 0 atom stereocenters. The van der Waals surface area contributed by atoms with Crippen LogP contribution in [0.15, 0.2) is 53.6 Å². The molecule has 3 aromatic rings. The summed E-state index contributed by atoms with van der Waals surface area (Å²) in [7, 11) is 1.63. The fourth-order valence-corrected chi connectivity index (χ4v) is 2.94. The van der Waals surface area contributed by atoms with Gasteiger partial charge in [0.15, 0.2) is 17.3 Å². The van der Waals surface area contributed by atoms with E-state index in [1.165, 1.54) is 0 Å². The van der Waals surface area contributed by atoms with Crippen molar-refractivity contribution in [3.63, 3.8) is 0 Å². The average Bonchev–Trinajstić information content (AvgIpc) is 3.09.